The minimum absolute atomic E-state index is 7.45. The summed E-state index contributed by atoms with van der Waals surface area (Å²) in [5.74, 6) is 0. The fourth-order valence-electron chi connectivity index (χ4n) is 0.544. The van der Waals surface area contributed by atoms with Crippen molar-refractivity contribution < 1.29 is 47.5 Å². The van der Waals surface area contributed by atoms with Crippen molar-refractivity contribution in [2.45, 2.75) is 17.8 Å². The molecule has 0 saturated heterocycles. The van der Waals surface area contributed by atoms with Gasteiger partial charge in [0.2, 0.25) is 0 Å². The molecule has 0 unspecified atom stereocenters. The fraction of sp³-hybridized carbons (Fsp3) is 1.00. The third-order valence-corrected chi connectivity index (χ3v) is 2.66. The molecule has 0 radical (unpaired) electrons. The molecule has 0 rings (SSSR count). The molecule has 12 heteroatoms. The van der Waals surface area contributed by atoms with Crippen LogP contribution in [0.1, 0.15) is 0 Å². The average molecular weight is 276 g/mol. The Morgan fingerprint density at radius 1 is 0.533 bits per heavy atom. The molecule has 0 aromatic heterocycles. The summed E-state index contributed by atoms with van der Waals surface area (Å²) in [6.07, 6.45) is -14.9. The van der Waals surface area contributed by atoms with E-state index in [0.717, 1.165) is 0 Å². The number of alkyl halides is 7. The van der Waals surface area contributed by atoms with E-state index in [1.165, 1.54) is 0 Å². The van der Waals surface area contributed by atoms with E-state index in [2.05, 4.69) is 0 Å². The molecule has 0 aliphatic heterocycles. The van der Waals surface area contributed by atoms with Crippen LogP contribution in [-0.2, 0) is 0 Å². The van der Waals surface area contributed by atoms with E-state index in [0.29, 0.717) is 0 Å². The third-order valence-electron chi connectivity index (χ3n) is 1.22. The second-order valence-electron chi connectivity index (χ2n) is 2.34. The molecule has 0 amide bonds. The van der Waals surface area contributed by atoms with Gasteiger partial charge in [0.15, 0.2) is 0 Å². The van der Waals surface area contributed by atoms with Gasteiger partial charge in [-0.3, -0.25) is 0 Å². The minimum atomic E-state index is -10.6. The monoisotopic (exact) mass is 276 g/mol. The Morgan fingerprint density at radius 3 is 0.733 bits per heavy atom. The summed E-state index contributed by atoms with van der Waals surface area (Å²) in [6.45, 7) is 0. The van der Waals surface area contributed by atoms with Crippen molar-refractivity contribution in [3.8, 4) is 0 Å². The summed E-state index contributed by atoms with van der Waals surface area (Å²) in [5.41, 5.74) is 0. The molecule has 0 atom stereocenters. The SMILES string of the molecule is FC(F)(F)C(F)(C(F)(F)F)P(F)(F)(F)F. The van der Waals surface area contributed by atoms with Crippen molar-refractivity contribution in [3.05, 3.63) is 0 Å². The molecule has 94 valence electrons. The van der Waals surface area contributed by atoms with Crippen LogP contribution in [0.15, 0.2) is 0 Å². The maximum atomic E-state index is 12.0. The van der Waals surface area contributed by atoms with Gasteiger partial charge in [-0.15, -0.1) is 0 Å². The molecule has 0 aromatic rings. The molecule has 0 spiro atoms. The van der Waals surface area contributed by atoms with Gasteiger partial charge in [0.25, 0.3) is 0 Å². The Bertz CT molecular complexity index is 226. The standard InChI is InChI=1S/C3F11P/c4-1(2(5,6)7,3(8,9)10)15(11,12,13)14. The summed E-state index contributed by atoms with van der Waals surface area (Å²) in [4.78, 5) is 0. The molecule has 0 fully saturated rings. The van der Waals surface area contributed by atoms with Gasteiger partial charge in [0.05, 0.1) is 0 Å². The Morgan fingerprint density at radius 2 is 0.733 bits per heavy atom. The van der Waals surface area contributed by atoms with Crippen LogP contribution < -0.4 is 0 Å². The van der Waals surface area contributed by atoms with E-state index in [-0.39, 0.29) is 0 Å². The van der Waals surface area contributed by atoms with Gasteiger partial charge in [0, 0.05) is 0 Å². The van der Waals surface area contributed by atoms with Crippen LogP contribution in [0.3, 0.4) is 0 Å². The van der Waals surface area contributed by atoms with Crippen molar-refractivity contribution in [1.82, 2.24) is 0 Å². The summed E-state index contributed by atoms with van der Waals surface area (Å²) in [5, 5.41) is -7.79. The first kappa shape index (κ1) is 14.7. The summed E-state index contributed by atoms with van der Waals surface area (Å²) in [6, 6.07) is 0. The van der Waals surface area contributed by atoms with Crippen LogP contribution in [0, 0.1) is 0 Å². The van der Waals surface area contributed by atoms with Crippen molar-refractivity contribution in [2.24, 2.45) is 0 Å². The van der Waals surface area contributed by atoms with Crippen molar-refractivity contribution in [1.29, 1.82) is 0 Å². The van der Waals surface area contributed by atoms with Gasteiger partial charge >= 0.3 is 73.1 Å². The first-order chi connectivity index (χ1) is 6.01. The van der Waals surface area contributed by atoms with Gasteiger partial charge in [-0.25, -0.2) is 0 Å². The molecule has 0 aromatic carbocycles. The van der Waals surface area contributed by atoms with E-state index in [1.807, 2.05) is 0 Å². The van der Waals surface area contributed by atoms with Crippen molar-refractivity contribution in [3.63, 3.8) is 0 Å². The van der Waals surface area contributed by atoms with Crippen molar-refractivity contribution in [2.75, 3.05) is 0 Å². The summed E-state index contributed by atoms with van der Waals surface area (Å²) >= 11 is 0. The van der Waals surface area contributed by atoms with Crippen LogP contribution >= 0.6 is 7.85 Å². The van der Waals surface area contributed by atoms with Crippen LogP contribution in [-0.4, -0.2) is 17.8 Å². The van der Waals surface area contributed by atoms with E-state index in [1.54, 1.807) is 0 Å². The Hall–Kier alpha value is -0.340. The van der Waals surface area contributed by atoms with Gasteiger partial charge < -0.3 is 0 Å². The fourth-order valence-corrected chi connectivity index (χ4v) is 1.31. The zero-order valence-corrected chi connectivity index (χ0v) is 7.00. The Kier molecular flexibility index (Phi) is 2.80. The molecule has 15 heavy (non-hydrogen) atoms. The zero-order valence-electron chi connectivity index (χ0n) is 6.10. The molecular weight excluding hydrogens is 276 g/mol. The van der Waals surface area contributed by atoms with Crippen LogP contribution in [0.4, 0.5) is 47.5 Å². The average Bonchev–Trinajstić information content (AvgIpc) is 1.75. The number of rotatable bonds is 1. The van der Waals surface area contributed by atoms with Gasteiger partial charge in [-0.05, 0) is 0 Å². The van der Waals surface area contributed by atoms with E-state index >= 15 is 0 Å². The molecule has 0 aliphatic carbocycles. The first-order valence-electron chi connectivity index (χ1n) is 2.72. The number of hydrogen-bond donors (Lipinski definition) is 0. The summed E-state index contributed by atoms with van der Waals surface area (Å²) < 4.78 is 126. The van der Waals surface area contributed by atoms with Crippen LogP contribution in [0.25, 0.3) is 0 Å². The maximum absolute atomic E-state index is 12.0. The predicted octanol–water partition coefficient (Wildman–Crippen LogP) is 4.87. The molecule has 0 bridgehead atoms. The quantitative estimate of drug-likeness (QED) is 0.473. The van der Waals surface area contributed by atoms with E-state index < -0.39 is 25.6 Å². The van der Waals surface area contributed by atoms with Crippen LogP contribution in [0.5, 0.6) is 0 Å². The normalized spacial score (nSPS) is 18.5. The van der Waals surface area contributed by atoms with Gasteiger partial charge in [-0.2, -0.15) is 0 Å². The van der Waals surface area contributed by atoms with Gasteiger partial charge in [-0.1, -0.05) is 0 Å². The topological polar surface area (TPSA) is 0 Å². The predicted molar refractivity (Wildman–Crippen MR) is 27.3 cm³/mol. The Labute approximate surface area is 74.4 Å². The molecule has 0 saturated carbocycles. The number of halogens is 11. The van der Waals surface area contributed by atoms with Gasteiger partial charge in [0.1, 0.15) is 0 Å². The van der Waals surface area contributed by atoms with Crippen LogP contribution in [0.2, 0.25) is 0 Å². The Balaban J connectivity index is 5.91. The second-order valence-corrected chi connectivity index (χ2v) is 4.40. The first-order valence-corrected chi connectivity index (χ1v) is 4.52. The van der Waals surface area contributed by atoms with Crippen molar-refractivity contribution >= 4 is 7.85 Å². The zero-order chi connectivity index (χ0) is 12.9. The third kappa shape index (κ3) is 2.11. The molecule has 0 heterocycles. The molecular formula is C3F11P. The molecule has 0 nitrogen and oxygen atoms in total. The molecule has 0 N–H and O–H groups in total. The van der Waals surface area contributed by atoms with E-state index in [4.69, 9.17) is 0 Å². The molecule has 0 aliphatic rings. The summed E-state index contributed by atoms with van der Waals surface area (Å²) in [7, 11) is -10.6. The number of hydrogen-bond acceptors (Lipinski definition) is 0. The second kappa shape index (κ2) is 2.86. The van der Waals surface area contributed by atoms with E-state index in [9.17, 15) is 47.5 Å².